The molecule has 3 heteroatoms. The van der Waals surface area contributed by atoms with Gasteiger partial charge in [0.05, 0.1) is 19.3 Å². The lowest BCUT2D eigenvalue weighted by Gasteiger charge is -2.10. The number of hydrogen-bond donors (Lipinski definition) is 1. The zero-order chi connectivity index (χ0) is 7.40. The van der Waals surface area contributed by atoms with Gasteiger partial charge >= 0.3 is 5.97 Å². The summed E-state index contributed by atoms with van der Waals surface area (Å²) in [6.07, 6.45) is 3.50. The van der Waals surface area contributed by atoms with Gasteiger partial charge in [-0.3, -0.25) is 4.79 Å². The third kappa shape index (κ3) is 2.09. The predicted molar refractivity (Wildman–Crippen MR) is 35.5 cm³/mol. The van der Waals surface area contributed by atoms with Crippen LogP contribution in [0.1, 0.15) is 19.3 Å². The van der Waals surface area contributed by atoms with Gasteiger partial charge in [0.25, 0.3) is 0 Å². The average molecular weight is 142 g/mol. The van der Waals surface area contributed by atoms with Crippen LogP contribution in [0.25, 0.3) is 0 Å². The Balaban J connectivity index is 2.38. The highest BCUT2D eigenvalue weighted by atomic mass is 16.5. The first kappa shape index (κ1) is 7.12. The van der Waals surface area contributed by atoms with Crippen LogP contribution in [0.5, 0.6) is 0 Å². The Bertz CT molecular complexity index is 160. The van der Waals surface area contributed by atoms with E-state index >= 15 is 0 Å². The Morgan fingerprint density at radius 2 is 2.60 bits per heavy atom. The molecular formula is C7H10O3. The second kappa shape index (κ2) is 3.25. The molecule has 0 fully saturated rings. The quantitative estimate of drug-likeness (QED) is 0.629. The van der Waals surface area contributed by atoms with Gasteiger partial charge in [0.15, 0.2) is 0 Å². The van der Waals surface area contributed by atoms with Crippen LogP contribution in [-0.4, -0.2) is 17.7 Å². The summed E-state index contributed by atoms with van der Waals surface area (Å²) in [7, 11) is 0. The van der Waals surface area contributed by atoms with Gasteiger partial charge in [0.1, 0.15) is 0 Å². The van der Waals surface area contributed by atoms with E-state index < -0.39 is 5.97 Å². The summed E-state index contributed by atoms with van der Waals surface area (Å²) >= 11 is 0. The van der Waals surface area contributed by atoms with Crippen molar-refractivity contribution in [3.63, 3.8) is 0 Å². The van der Waals surface area contributed by atoms with Gasteiger partial charge in [-0.05, 0) is 18.4 Å². The van der Waals surface area contributed by atoms with E-state index in [9.17, 15) is 4.79 Å². The van der Waals surface area contributed by atoms with Gasteiger partial charge in [0.2, 0.25) is 0 Å². The summed E-state index contributed by atoms with van der Waals surface area (Å²) in [5.74, 6) is -0.781. The van der Waals surface area contributed by atoms with Crippen LogP contribution in [0.2, 0.25) is 0 Å². The smallest absolute Gasteiger partial charge is 0.307 e. The van der Waals surface area contributed by atoms with Crippen molar-refractivity contribution in [1.82, 2.24) is 0 Å². The number of carboxylic acid groups (broad SMARTS) is 1. The van der Waals surface area contributed by atoms with E-state index in [-0.39, 0.29) is 6.42 Å². The van der Waals surface area contributed by atoms with Gasteiger partial charge < -0.3 is 9.84 Å². The highest BCUT2D eigenvalue weighted by molar-refractivity contribution is 5.69. The molecule has 0 aliphatic carbocycles. The zero-order valence-corrected chi connectivity index (χ0v) is 5.67. The number of aliphatic carboxylic acids is 1. The molecule has 1 aliphatic rings. The molecule has 0 spiro atoms. The molecule has 1 N–H and O–H groups in total. The van der Waals surface area contributed by atoms with E-state index in [1.807, 2.05) is 0 Å². The lowest BCUT2D eigenvalue weighted by Crippen LogP contribution is -2.03. The van der Waals surface area contributed by atoms with Gasteiger partial charge in [-0.1, -0.05) is 0 Å². The van der Waals surface area contributed by atoms with Crippen molar-refractivity contribution in [2.45, 2.75) is 19.3 Å². The molecule has 56 valence electrons. The zero-order valence-electron chi connectivity index (χ0n) is 5.67. The van der Waals surface area contributed by atoms with Crippen LogP contribution >= 0.6 is 0 Å². The fraction of sp³-hybridized carbons (Fsp3) is 0.571. The molecule has 0 radical (unpaired) electrons. The molecule has 0 aromatic carbocycles. The maximum Gasteiger partial charge on any atom is 0.307 e. The van der Waals surface area contributed by atoms with Gasteiger partial charge in [-0.2, -0.15) is 0 Å². The Kier molecular flexibility index (Phi) is 2.31. The molecule has 0 amide bonds. The maximum absolute atomic E-state index is 10.2. The molecule has 3 nitrogen and oxygen atoms in total. The molecule has 10 heavy (non-hydrogen) atoms. The molecule has 0 atom stereocenters. The van der Waals surface area contributed by atoms with Gasteiger partial charge in [0, 0.05) is 0 Å². The normalized spacial score (nSPS) is 17.4. The van der Waals surface area contributed by atoms with Crippen molar-refractivity contribution in [1.29, 1.82) is 0 Å². The van der Waals surface area contributed by atoms with Crippen LogP contribution in [0.15, 0.2) is 11.8 Å². The first-order valence-electron chi connectivity index (χ1n) is 3.30. The summed E-state index contributed by atoms with van der Waals surface area (Å²) in [5, 5.41) is 8.37. The summed E-state index contributed by atoms with van der Waals surface area (Å²) in [6.45, 7) is 0.725. The number of ether oxygens (including phenoxy) is 1. The fourth-order valence-electron chi connectivity index (χ4n) is 0.943. The van der Waals surface area contributed by atoms with Gasteiger partial charge in [-0.25, -0.2) is 0 Å². The Hall–Kier alpha value is -0.990. The number of carbonyl (C=O) groups is 1. The first-order valence-corrected chi connectivity index (χ1v) is 3.30. The third-order valence-electron chi connectivity index (χ3n) is 1.39. The van der Waals surface area contributed by atoms with Crippen LogP contribution in [0.4, 0.5) is 0 Å². The second-order valence-electron chi connectivity index (χ2n) is 2.32. The molecule has 1 aliphatic heterocycles. The highest BCUT2D eigenvalue weighted by Crippen LogP contribution is 2.14. The molecule has 1 heterocycles. The predicted octanol–water partition coefficient (Wildman–Crippen LogP) is 1.16. The number of rotatable bonds is 2. The molecule has 0 unspecified atom stereocenters. The lowest BCUT2D eigenvalue weighted by molar-refractivity contribution is -0.136. The molecule has 0 aromatic heterocycles. The highest BCUT2D eigenvalue weighted by Gasteiger charge is 2.07. The molecule has 0 bridgehead atoms. The van der Waals surface area contributed by atoms with Crippen molar-refractivity contribution in [3.8, 4) is 0 Å². The molecule has 0 aromatic rings. The Morgan fingerprint density at radius 3 is 3.10 bits per heavy atom. The van der Waals surface area contributed by atoms with Crippen LogP contribution in [0, 0.1) is 0 Å². The minimum atomic E-state index is -0.781. The lowest BCUT2D eigenvalue weighted by atomic mass is 10.1. The van der Waals surface area contributed by atoms with Gasteiger partial charge in [-0.15, -0.1) is 0 Å². The standard InChI is InChI=1S/C7H10O3/c8-7(9)4-6-2-1-3-10-5-6/h5H,1-4H2,(H,8,9). The summed E-state index contributed by atoms with van der Waals surface area (Å²) in [5.41, 5.74) is 0.888. The van der Waals surface area contributed by atoms with Crippen molar-refractivity contribution >= 4 is 5.97 Å². The number of hydrogen-bond acceptors (Lipinski definition) is 2. The average Bonchev–Trinajstić information content (AvgIpc) is 1.88. The Labute approximate surface area is 59.3 Å². The van der Waals surface area contributed by atoms with E-state index in [4.69, 9.17) is 9.84 Å². The van der Waals surface area contributed by atoms with E-state index in [1.54, 1.807) is 6.26 Å². The maximum atomic E-state index is 10.2. The third-order valence-corrected chi connectivity index (χ3v) is 1.39. The second-order valence-corrected chi connectivity index (χ2v) is 2.32. The summed E-state index contributed by atoms with van der Waals surface area (Å²) < 4.78 is 4.96. The van der Waals surface area contributed by atoms with Crippen molar-refractivity contribution in [2.75, 3.05) is 6.61 Å². The van der Waals surface area contributed by atoms with E-state index in [1.165, 1.54) is 0 Å². The summed E-state index contributed by atoms with van der Waals surface area (Å²) in [4.78, 5) is 10.2. The van der Waals surface area contributed by atoms with E-state index in [0.717, 1.165) is 25.0 Å². The van der Waals surface area contributed by atoms with Crippen LogP contribution in [0.3, 0.4) is 0 Å². The van der Waals surface area contributed by atoms with E-state index in [0.29, 0.717) is 0 Å². The van der Waals surface area contributed by atoms with Crippen molar-refractivity contribution < 1.29 is 14.6 Å². The Morgan fingerprint density at radius 1 is 1.80 bits per heavy atom. The molecular weight excluding hydrogens is 132 g/mol. The number of carboxylic acids is 1. The fourth-order valence-corrected chi connectivity index (χ4v) is 0.943. The van der Waals surface area contributed by atoms with Crippen molar-refractivity contribution in [2.24, 2.45) is 0 Å². The largest absolute Gasteiger partial charge is 0.501 e. The summed E-state index contributed by atoms with van der Waals surface area (Å²) in [6, 6.07) is 0. The minimum absolute atomic E-state index is 0.125. The topological polar surface area (TPSA) is 46.5 Å². The first-order chi connectivity index (χ1) is 4.79. The van der Waals surface area contributed by atoms with Crippen LogP contribution in [-0.2, 0) is 9.53 Å². The molecule has 0 saturated carbocycles. The molecule has 0 saturated heterocycles. The molecule has 1 rings (SSSR count). The van der Waals surface area contributed by atoms with Crippen LogP contribution < -0.4 is 0 Å². The SMILES string of the molecule is O=C(O)CC1=COCCC1. The van der Waals surface area contributed by atoms with E-state index in [2.05, 4.69) is 0 Å². The monoisotopic (exact) mass is 142 g/mol. The van der Waals surface area contributed by atoms with Crippen molar-refractivity contribution in [3.05, 3.63) is 11.8 Å². The minimum Gasteiger partial charge on any atom is -0.501 e.